The zero-order valence-corrected chi connectivity index (χ0v) is 17.1. The number of likely N-dealkylation sites (N-methyl/N-ethyl adjacent to an activating group) is 1. The number of carbonyl (C=O) groups excluding carboxylic acids is 1. The van der Waals surface area contributed by atoms with Gasteiger partial charge in [0.15, 0.2) is 0 Å². The van der Waals surface area contributed by atoms with Crippen LogP contribution < -0.4 is 4.90 Å². The van der Waals surface area contributed by atoms with Crippen LogP contribution >= 0.6 is 0 Å². The van der Waals surface area contributed by atoms with Gasteiger partial charge in [-0.25, -0.2) is 4.79 Å². The third-order valence-corrected chi connectivity index (χ3v) is 5.45. The summed E-state index contributed by atoms with van der Waals surface area (Å²) in [5.41, 5.74) is 2.33. The molecule has 0 saturated carbocycles. The molecule has 8 heteroatoms. The highest BCUT2D eigenvalue weighted by Gasteiger charge is 2.25. The van der Waals surface area contributed by atoms with Crippen molar-refractivity contribution in [1.29, 1.82) is 0 Å². The summed E-state index contributed by atoms with van der Waals surface area (Å²) in [6, 6.07) is 14.5. The molecular formula is C22H24N4O4. The van der Waals surface area contributed by atoms with Gasteiger partial charge in [0.2, 0.25) is 0 Å². The van der Waals surface area contributed by atoms with Crippen molar-refractivity contribution in [2.75, 3.05) is 44.7 Å². The molecule has 3 aromatic rings. The molecule has 8 nitrogen and oxygen atoms in total. The first kappa shape index (κ1) is 19.9. The maximum atomic E-state index is 12.6. The van der Waals surface area contributed by atoms with Crippen molar-refractivity contribution >= 4 is 28.2 Å². The van der Waals surface area contributed by atoms with E-state index < -0.39 is 5.97 Å². The Morgan fingerprint density at radius 1 is 1.10 bits per heavy atom. The summed E-state index contributed by atoms with van der Waals surface area (Å²) < 4.78 is 6.95. The zero-order chi connectivity index (χ0) is 21.3. The minimum absolute atomic E-state index is 0.0321. The number of anilines is 1. The Labute approximate surface area is 174 Å². The highest BCUT2D eigenvalue weighted by molar-refractivity contribution is 5.97. The van der Waals surface area contributed by atoms with E-state index in [1.54, 1.807) is 29.7 Å². The SMILES string of the molecule is CCOC(=O)c1cc2ccccc2n1-c1ccc(N2CCN(C)CC2)c([N+](=O)[O-])c1. The summed E-state index contributed by atoms with van der Waals surface area (Å²) in [7, 11) is 2.04. The van der Waals surface area contributed by atoms with E-state index in [1.807, 2.05) is 42.3 Å². The molecule has 4 rings (SSSR count). The number of nitro groups is 1. The number of hydrogen-bond acceptors (Lipinski definition) is 6. The number of rotatable bonds is 5. The van der Waals surface area contributed by atoms with E-state index >= 15 is 0 Å². The molecule has 1 fully saturated rings. The average molecular weight is 408 g/mol. The standard InChI is InChI=1S/C22H24N4O4/c1-3-30-22(27)21-14-16-6-4-5-7-18(16)25(21)17-8-9-19(20(15-17)26(28)29)24-12-10-23(2)11-13-24/h4-9,14-15H,3,10-13H2,1-2H3. The third-order valence-electron chi connectivity index (χ3n) is 5.45. The minimum Gasteiger partial charge on any atom is -0.461 e. The van der Waals surface area contributed by atoms with Crippen LogP contribution in [0.1, 0.15) is 17.4 Å². The Balaban J connectivity index is 1.84. The van der Waals surface area contributed by atoms with E-state index in [-0.39, 0.29) is 17.2 Å². The molecule has 1 aliphatic rings. The molecule has 0 unspecified atom stereocenters. The summed E-state index contributed by atoms with van der Waals surface area (Å²) in [4.78, 5) is 28.4. The normalized spacial score (nSPS) is 14.8. The van der Waals surface area contributed by atoms with Gasteiger partial charge in [0.05, 0.1) is 22.7 Å². The number of carbonyl (C=O) groups is 1. The Hall–Kier alpha value is -3.39. The van der Waals surface area contributed by atoms with Crippen LogP contribution in [0.25, 0.3) is 16.6 Å². The predicted octanol–water partition coefficient (Wildman–Crippen LogP) is 3.47. The molecule has 0 amide bonds. The topological polar surface area (TPSA) is 80.8 Å². The third kappa shape index (κ3) is 3.61. The van der Waals surface area contributed by atoms with Gasteiger partial charge in [-0.1, -0.05) is 18.2 Å². The molecule has 2 aromatic carbocycles. The van der Waals surface area contributed by atoms with Crippen LogP contribution in [0.4, 0.5) is 11.4 Å². The van der Waals surface area contributed by atoms with Crippen LogP contribution in [-0.4, -0.2) is 60.2 Å². The fraction of sp³-hybridized carbons (Fsp3) is 0.318. The second kappa shape index (κ2) is 8.16. The summed E-state index contributed by atoms with van der Waals surface area (Å²) in [5, 5.41) is 12.8. The van der Waals surface area contributed by atoms with E-state index in [0.29, 0.717) is 17.1 Å². The highest BCUT2D eigenvalue weighted by Crippen LogP contribution is 2.33. The fourth-order valence-corrected chi connectivity index (χ4v) is 3.90. The lowest BCUT2D eigenvalue weighted by molar-refractivity contribution is -0.384. The number of fused-ring (bicyclic) bond motifs is 1. The van der Waals surface area contributed by atoms with Gasteiger partial charge in [0, 0.05) is 37.6 Å². The molecule has 0 atom stereocenters. The van der Waals surface area contributed by atoms with E-state index in [1.165, 1.54) is 0 Å². The Kier molecular flexibility index (Phi) is 5.41. The molecule has 0 radical (unpaired) electrons. The maximum absolute atomic E-state index is 12.6. The Morgan fingerprint density at radius 3 is 2.53 bits per heavy atom. The summed E-state index contributed by atoms with van der Waals surface area (Å²) in [6.07, 6.45) is 0. The summed E-state index contributed by atoms with van der Waals surface area (Å²) in [6.45, 7) is 5.18. The number of ether oxygens (including phenoxy) is 1. The quantitative estimate of drug-likeness (QED) is 0.365. The first-order valence-corrected chi connectivity index (χ1v) is 9.99. The number of nitrogens with zero attached hydrogens (tertiary/aromatic N) is 4. The van der Waals surface area contributed by atoms with Crippen molar-refractivity contribution in [3.05, 3.63) is 64.3 Å². The van der Waals surface area contributed by atoms with E-state index in [2.05, 4.69) is 4.90 Å². The molecule has 156 valence electrons. The van der Waals surface area contributed by atoms with Gasteiger partial charge in [0.1, 0.15) is 11.4 Å². The first-order chi connectivity index (χ1) is 14.5. The van der Waals surface area contributed by atoms with Crippen molar-refractivity contribution in [2.45, 2.75) is 6.92 Å². The van der Waals surface area contributed by atoms with Gasteiger partial charge in [-0.15, -0.1) is 0 Å². The predicted molar refractivity (Wildman–Crippen MR) is 116 cm³/mol. The largest absolute Gasteiger partial charge is 0.461 e. The lowest BCUT2D eigenvalue weighted by Gasteiger charge is -2.33. The fourth-order valence-electron chi connectivity index (χ4n) is 3.90. The molecule has 1 aromatic heterocycles. The Morgan fingerprint density at radius 2 is 1.83 bits per heavy atom. The molecule has 30 heavy (non-hydrogen) atoms. The summed E-state index contributed by atoms with van der Waals surface area (Å²) >= 11 is 0. The van der Waals surface area contributed by atoms with Gasteiger partial charge < -0.3 is 19.1 Å². The molecule has 0 bridgehead atoms. The van der Waals surface area contributed by atoms with Crippen LogP contribution in [0, 0.1) is 10.1 Å². The number of hydrogen-bond donors (Lipinski definition) is 0. The maximum Gasteiger partial charge on any atom is 0.355 e. The molecule has 2 heterocycles. The minimum atomic E-state index is -0.459. The van der Waals surface area contributed by atoms with E-state index in [0.717, 1.165) is 37.1 Å². The van der Waals surface area contributed by atoms with Gasteiger partial charge in [-0.2, -0.15) is 0 Å². The average Bonchev–Trinajstić information content (AvgIpc) is 3.14. The number of aromatic nitrogens is 1. The molecule has 0 aliphatic carbocycles. The molecule has 0 spiro atoms. The van der Waals surface area contributed by atoms with Crippen molar-refractivity contribution in [3.8, 4) is 5.69 Å². The van der Waals surface area contributed by atoms with Gasteiger partial charge >= 0.3 is 5.97 Å². The number of piperazine rings is 1. The second-order valence-corrected chi connectivity index (χ2v) is 7.36. The van der Waals surface area contributed by atoms with Crippen molar-refractivity contribution in [1.82, 2.24) is 9.47 Å². The summed E-state index contributed by atoms with van der Waals surface area (Å²) in [5.74, 6) is -0.459. The number of nitro benzene ring substituents is 1. The van der Waals surface area contributed by atoms with Crippen LogP contribution in [0.2, 0.25) is 0 Å². The monoisotopic (exact) mass is 408 g/mol. The lowest BCUT2D eigenvalue weighted by Crippen LogP contribution is -2.44. The smallest absolute Gasteiger partial charge is 0.355 e. The van der Waals surface area contributed by atoms with Crippen LogP contribution in [-0.2, 0) is 4.74 Å². The van der Waals surface area contributed by atoms with E-state index in [4.69, 9.17) is 4.74 Å². The van der Waals surface area contributed by atoms with Crippen molar-refractivity contribution in [2.24, 2.45) is 0 Å². The molecule has 1 saturated heterocycles. The van der Waals surface area contributed by atoms with Gasteiger partial charge in [-0.3, -0.25) is 10.1 Å². The van der Waals surface area contributed by atoms with Crippen molar-refractivity contribution in [3.63, 3.8) is 0 Å². The zero-order valence-electron chi connectivity index (χ0n) is 17.1. The first-order valence-electron chi connectivity index (χ1n) is 9.99. The van der Waals surface area contributed by atoms with Gasteiger partial charge in [-0.05, 0) is 38.2 Å². The van der Waals surface area contributed by atoms with Crippen LogP contribution in [0.5, 0.6) is 0 Å². The number of benzene rings is 2. The second-order valence-electron chi connectivity index (χ2n) is 7.36. The van der Waals surface area contributed by atoms with E-state index in [9.17, 15) is 14.9 Å². The Bertz CT molecular complexity index is 1100. The highest BCUT2D eigenvalue weighted by atomic mass is 16.6. The van der Waals surface area contributed by atoms with Gasteiger partial charge in [0.25, 0.3) is 5.69 Å². The molecular weight excluding hydrogens is 384 g/mol. The number of esters is 1. The van der Waals surface area contributed by atoms with Crippen LogP contribution in [0.3, 0.4) is 0 Å². The molecule has 0 N–H and O–H groups in total. The van der Waals surface area contributed by atoms with Crippen LogP contribution in [0.15, 0.2) is 48.5 Å². The number of para-hydroxylation sites is 1. The van der Waals surface area contributed by atoms with Crippen molar-refractivity contribution < 1.29 is 14.5 Å². The lowest BCUT2D eigenvalue weighted by atomic mass is 10.2. The molecule has 1 aliphatic heterocycles.